The minimum Gasteiger partial charge on any atom is -0.457 e. The topological polar surface area (TPSA) is 194 Å². The number of carbonyl (C=O) groups is 9. The van der Waals surface area contributed by atoms with Crippen LogP contribution in [0.3, 0.4) is 0 Å². The number of hydrogen-bond donors (Lipinski definition) is 0. The molecule has 0 saturated heterocycles. The largest absolute Gasteiger partial charge is 0.457 e. The van der Waals surface area contributed by atoms with Crippen molar-refractivity contribution in [3.63, 3.8) is 0 Å². The quantitative estimate of drug-likeness (QED) is 0.0942. The van der Waals surface area contributed by atoms with E-state index < -0.39 is 53.0 Å². The molecule has 16 nitrogen and oxygen atoms in total. The third-order valence-corrected chi connectivity index (χ3v) is 12.1. The van der Waals surface area contributed by atoms with Crippen LogP contribution in [0.4, 0.5) is 11.4 Å². The van der Waals surface area contributed by atoms with Crippen LogP contribution in [-0.4, -0.2) is 76.9 Å². The van der Waals surface area contributed by atoms with Gasteiger partial charge in [0.1, 0.15) is 34.5 Å². The lowest BCUT2D eigenvalue weighted by atomic mass is 9.96. The first kappa shape index (κ1) is 41.8. The standard InChI is InChI=1S/C53H30N4O12/c1-54-46(59)37-16-12-27(20-41(37)48(54)61)45(58)28-13-17-39-42(21-28)52(65)56(50(39)63)29-6-3-8-31(22-29)67-33-10-5-11-34(24-33)68-32-9-4-7-30(23-32)57-51(64)40-19-15-36(26-44(40)53(57)66)69-35-14-18-38-43(25-35)49(62)55(2)47(38)60/h3-26H,1-2H3. The number of hydrogen-bond acceptors (Lipinski definition) is 12. The molecule has 0 N–H and O–H groups in total. The van der Waals surface area contributed by atoms with E-state index in [-0.39, 0.29) is 84.3 Å². The molecule has 0 aliphatic carbocycles. The molecule has 0 unspecified atom stereocenters. The fourth-order valence-corrected chi connectivity index (χ4v) is 8.59. The first-order valence-electron chi connectivity index (χ1n) is 21.1. The second-order valence-electron chi connectivity index (χ2n) is 16.3. The van der Waals surface area contributed by atoms with Crippen LogP contribution in [0.5, 0.6) is 34.5 Å². The summed E-state index contributed by atoms with van der Waals surface area (Å²) >= 11 is 0. The van der Waals surface area contributed by atoms with Gasteiger partial charge in [0.05, 0.1) is 55.9 Å². The van der Waals surface area contributed by atoms with Crippen molar-refractivity contribution in [1.29, 1.82) is 0 Å². The van der Waals surface area contributed by atoms with Gasteiger partial charge in [-0.25, -0.2) is 9.80 Å². The van der Waals surface area contributed by atoms with Crippen LogP contribution < -0.4 is 24.0 Å². The Morgan fingerprint density at radius 3 is 1.07 bits per heavy atom. The zero-order valence-electron chi connectivity index (χ0n) is 36.0. The molecular formula is C53H30N4O12. The Balaban J connectivity index is 0.765. The average Bonchev–Trinajstić information content (AvgIpc) is 3.93. The zero-order valence-corrected chi connectivity index (χ0v) is 36.0. The van der Waals surface area contributed by atoms with E-state index >= 15 is 0 Å². The summed E-state index contributed by atoms with van der Waals surface area (Å²) in [5.74, 6) is -3.02. The van der Waals surface area contributed by atoms with Crippen molar-refractivity contribution in [1.82, 2.24) is 9.80 Å². The van der Waals surface area contributed by atoms with Gasteiger partial charge in [0, 0.05) is 43.4 Å². The summed E-state index contributed by atoms with van der Waals surface area (Å²) in [5.41, 5.74) is 1.84. The monoisotopic (exact) mass is 914 g/mol. The van der Waals surface area contributed by atoms with Gasteiger partial charge in [0.15, 0.2) is 5.78 Å². The van der Waals surface area contributed by atoms with E-state index in [2.05, 4.69) is 0 Å². The van der Waals surface area contributed by atoms with Crippen molar-refractivity contribution in [2.45, 2.75) is 0 Å². The molecule has 0 saturated carbocycles. The average molecular weight is 915 g/mol. The lowest BCUT2D eigenvalue weighted by Crippen LogP contribution is -2.29. The molecule has 4 heterocycles. The third-order valence-electron chi connectivity index (χ3n) is 12.1. The highest BCUT2D eigenvalue weighted by Gasteiger charge is 2.40. The van der Waals surface area contributed by atoms with Gasteiger partial charge in [0.2, 0.25) is 0 Å². The van der Waals surface area contributed by atoms with Gasteiger partial charge in [-0.05, 0) is 97.1 Å². The molecule has 16 heteroatoms. The van der Waals surface area contributed by atoms with Crippen LogP contribution in [0.15, 0.2) is 146 Å². The fourth-order valence-electron chi connectivity index (χ4n) is 8.59. The van der Waals surface area contributed by atoms with E-state index in [4.69, 9.17) is 14.2 Å². The number of carbonyl (C=O) groups excluding carboxylic acids is 9. The van der Waals surface area contributed by atoms with Crippen molar-refractivity contribution >= 4 is 64.4 Å². The number of anilines is 2. The number of ether oxygens (including phenoxy) is 3. The lowest BCUT2D eigenvalue weighted by molar-refractivity contribution is 0.0677. The summed E-state index contributed by atoms with van der Waals surface area (Å²) < 4.78 is 18.2. The smallest absolute Gasteiger partial charge is 0.266 e. The normalized spacial score (nSPS) is 14.7. The Morgan fingerprint density at radius 2 is 0.623 bits per heavy atom. The van der Waals surface area contributed by atoms with Crippen LogP contribution >= 0.6 is 0 Å². The maximum atomic E-state index is 13.8. The Morgan fingerprint density at radius 1 is 0.319 bits per heavy atom. The number of ketones is 1. The number of imide groups is 4. The van der Waals surface area contributed by atoms with Crippen LogP contribution in [0.25, 0.3) is 0 Å². The maximum Gasteiger partial charge on any atom is 0.266 e. The van der Waals surface area contributed by atoms with Crippen molar-refractivity contribution in [3.8, 4) is 34.5 Å². The predicted molar refractivity (Wildman–Crippen MR) is 244 cm³/mol. The fraction of sp³-hybridized carbons (Fsp3) is 0.0377. The highest BCUT2D eigenvalue weighted by atomic mass is 16.5. The molecule has 11 rings (SSSR count). The third kappa shape index (κ3) is 6.81. The van der Waals surface area contributed by atoms with Gasteiger partial charge in [0.25, 0.3) is 47.3 Å². The van der Waals surface area contributed by atoms with E-state index in [0.717, 1.165) is 19.6 Å². The van der Waals surface area contributed by atoms with E-state index in [1.807, 2.05) is 0 Å². The van der Waals surface area contributed by atoms with Crippen molar-refractivity contribution in [3.05, 3.63) is 201 Å². The molecule has 8 amide bonds. The van der Waals surface area contributed by atoms with Gasteiger partial charge in [-0.1, -0.05) is 30.3 Å². The first-order valence-corrected chi connectivity index (χ1v) is 21.1. The number of benzene rings is 7. The number of rotatable bonds is 10. The number of amides is 8. The number of nitrogens with zero attached hydrogens (tertiary/aromatic N) is 4. The van der Waals surface area contributed by atoms with Crippen molar-refractivity contribution < 1.29 is 57.4 Å². The van der Waals surface area contributed by atoms with Gasteiger partial charge in [-0.3, -0.25) is 53.0 Å². The summed E-state index contributed by atoms with van der Waals surface area (Å²) in [6.45, 7) is 0. The summed E-state index contributed by atoms with van der Waals surface area (Å²) in [6.07, 6.45) is 0. The van der Waals surface area contributed by atoms with Crippen LogP contribution in [0.1, 0.15) is 98.8 Å². The van der Waals surface area contributed by atoms with Gasteiger partial charge in [-0.15, -0.1) is 0 Å². The molecular weight excluding hydrogens is 885 g/mol. The molecule has 0 fully saturated rings. The highest BCUT2D eigenvalue weighted by Crippen LogP contribution is 2.38. The lowest BCUT2D eigenvalue weighted by Gasteiger charge is -2.16. The van der Waals surface area contributed by atoms with Crippen LogP contribution in [0, 0.1) is 0 Å². The van der Waals surface area contributed by atoms with Gasteiger partial charge >= 0.3 is 0 Å². The molecule has 334 valence electrons. The summed E-state index contributed by atoms with van der Waals surface area (Å²) in [5, 5.41) is 0. The molecule has 69 heavy (non-hydrogen) atoms. The SMILES string of the molecule is CN1C(=O)c2ccc(Oc3ccc4c(c3)C(=O)N(c3cccc(Oc5cccc(Oc6cccc(N7C(=O)c8ccc(C(=O)c9ccc%10c(c9)C(=O)N(C)C%10=O)cc8C7=O)c6)c5)c3)C4=O)cc2C1=O. The molecule has 0 atom stereocenters. The molecule has 7 aromatic rings. The first-order chi connectivity index (χ1) is 33.2. The summed E-state index contributed by atoms with van der Waals surface area (Å²) in [7, 11) is 2.75. The highest BCUT2D eigenvalue weighted by molar-refractivity contribution is 6.36. The van der Waals surface area contributed by atoms with Crippen molar-refractivity contribution in [2.24, 2.45) is 0 Å². The molecule has 7 aromatic carbocycles. The van der Waals surface area contributed by atoms with Gasteiger partial charge in [-0.2, -0.15) is 0 Å². The Hall–Kier alpha value is -9.83. The van der Waals surface area contributed by atoms with Gasteiger partial charge < -0.3 is 14.2 Å². The van der Waals surface area contributed by atoms with E-state index in [9.17, 15) is 43.2 Å². The molecule has 0 spiro atoms. The van der Waals surface area contributed by atoms with Crippen molar-refractivity contribution in [2.75, 3.05) is 23.9 Å². The maximum absolute atomic E-state index is 13.8. The van der Waals surface area contributed by atoms with Crippen LogP contribution in [0.2, 0.25) is 0 Å². The van der Waals surface area contributed by atoms with E-state index in [1.165, 1.54) is 93.0 Å². The molecule has 4 aliphatic heterocycles. The molecule has 0 aromatic heterocycles. The summed E-state index contributed by atoms with van der Waals surface area (Å²) in [4.78, 5) is 122. The zero-order chi connectivity index (χ0) is 48.0. The molecule has 0 radical (unpaired) electrons. The number of fused-ring (bicyclic) bond motifs is 4. The predicted octanol–water partition coefficient (Wildman–Crippen LogP) is 8.35. The minimum atomic E-state index is -0.658. The molecule has 0 bridgehead atoms. The Labute approximate surface area is 390 Å². The van der Waals surface area contributed by atoms with E-state index in [1.54, 1.807) is 66.7 Å². The van der Waals surface area contributed by atoms with E-state index in [0.29, 0.717) is 17.2 Å². The Bertz CT molecular complexity index is 3580. The Kier molecular flexibility index (Phi) is 9.50. The minimum absolute atomic E-state index is 0.0151. The summed E-state index contributed by atoms with van der Waals surface area (Å²) in [6, 6.07) is 36.7. The molecule has 4 aliphatic rings. The van der Waals surface area contributed by atoms with Crippen LogP contribution in [-0.2, 0) is 0 Å². The second kappa shape index (κ2) is 15.7. The second-order valence-corrected chi connectivity index (χ2v) is 16.3.